The molecule has 0 aromatic heterocycles. The van der Waals surface area contributed by atoms with Crippen molar-refractivity contribution < 1.29 is 5.11 Å². The zero-order chi connectivity index (χ0) is 12.3. The Morgan fingerprint density at radius 1 is 1.12 bits per heavy atom. The molecular formula is C15H17NO. The largest absolute Gasteiger partial charge is 0.507 e. The Balaban J connectivity index is 2.46. The van der Waals surface area contributed by atoms with Gasteiger partial charge in [0.15, 0.2) is 0 Å². The maximum Gasteiger partial charge on any atom is 0.123 e. The third-order valence-corrected chi connectivity index (χ3v) is 2.98. The second-order valence-corrected chi connectivity index (χ2v) is 4.20. The minimum Gasteiger partial charge on any atom is -0.507 e. The molecule has 2 rings (SSSR count). The molecule has 0 saturated carbocycles. The summed E-state index contributed by atoms with van der Waals surface area (Å²) in [5.74, 6) is 0.315. The predicted molar refractivity (Wildman–Crippen MR) is 71.0 cm³/mol. The van der Waals surface area contributed by atoms with Crippen molar-refractivity contribution in [3.8, 4) is 16.9 Å². The van der Waals surface area contributed by atoms with Crippen molar-refractivity contribution in [3.05, 3.63) is 53.6 Å². The first-order valence-corrected chi connectivity index (χ1v) is 5.80. The lowest BCUT2D eigenvalue weighted by atomic mass is 9.97. The number of hydrogen-bond donors (Lipinski definition) is 2. The van der Waals surface area contributed by atoms with Gasteiger partial charge in [-0.25, -0.2) is 0 Å². The lowest BCUT2D eigenvalue weighted by Crippen LogP contribution is -2.04. The number of phenolic OH excluding ortho intramolecular Hbond substituents is 1. The first kappa shape index (κ1) is 11.7. The number of hydrogen-bond acceptors (Lipinski definition) is 2. The van der Waals surface area contributed by atoms with Crippen molar-refractivity contribution in [1.29, 1.82) is 0 Å². The SMILES string of the molecule is Cc1ccc(-c2ccccc2O)cc1CCN. The van der Waals surface area contributed by atoms with Crippen LogP contribution in [0.5, 0.6) is 5.75 Å². The maximum absolute atomic E-state index is 9.83. The molecule has 0 heterocycles. The first-order valence-electron chi connectivity index (χ1n) is 5.80. The fourth-order valence-corrected chi connectivity index (χ4v) is 1.98. The topological polar surface area (TPSA) is 46.2 Å². The first-order chi connectivity index (χ1) is 8.22. The number of aromatic hydroxyl groups is 1. The average molecular weight is 227 g/mol. The van der Waals surface area contributed by atoms with Crippen LogP contribution in [-0.4, -0.2) is 11.7 Å². The van der Waals surface area contributed by atoms with Gasteiger partial charge in [0.2, 0.25) is 0 Å². The van der Waals surface area contributed by atoms with Gasteiger partial charge in [-0.05, 0) is 42.6 Å². The van der Waals surface area contributed by atoms with Gasteiger partial charge in [-0.1, -0.05) is 36.4 Å². The maximum atomic E-state index is 9.83. The van der Waals surface area contributed by atoms with Gasteiger partial charge in [0.25, 0.3) is 0 Å². The van der Waals surface area contributed by atoms with Gasteiger partial charge in [-0.3, -0.25) is 0 Å². The molecule has 2 nitrogen and oxygen atoms in total. The number of aryl methyl sites for hydroxylation is 1. The Kier molecular flexibility index (Phi) is 3.45. The van der Waals surface area contributed by atoms with E-state index in [2.05, 4.69) is 19.1 Å². The standard InChI is InChI=1S/C15H17NO/c1-11-6-7-13(10-12(11)8-9-16)14-4-2-3-5-15(14)17/h2-7,10,17H,8-9,16H2,1H3. The zero-order valence-electron chi connectivity index (χ0n) is 9.98. The quantitative estimate of drug-likeness (QED) is 0.847. The molecule has 0 aliphatic carbocycles. The number of benzene rings is 2. The second-order valence-electron chi connectivity index (χ2n) is 4.20. The van der Waals surface area contributed by atoms with E-state index in [4.69, 9.17) is 5.73 Å². The third-order valence-electron chi connectivity index (χ3n) is 2.98. The molecule has 2 aromatic carbocycles. The van der Waals surface area contributed by atoms with Gasteiger partial charge in [0, 0.05) is 5.56 Å². The van der Waals surface area contributed by atoms with E-state index in [1.54, 1.807) is 6.07 Å². The Hall–Kier alpha value is -1.80. The average Bonchev–Trinajstić information content (AvgIpc) is 2.33. The van der Waals surface area contributed by atoms with E-state index in [-0.39, 0.29) is 0 Å². The van der Waals surface area contributed by atoms with Gasteiger partial charge >= 0.3 is 0 Å². The van der Waals surface area contributed by atoms with Crippen LogP contribution in [0, 0.1) is 6.92 Å². The van der Waals surface area contributed by atoms with E-state index in [1.165, 1.54) is 11.1 Å². The highest BCUT2D eigenvalue weighted by molar-refractivity contribution is 5.70. The molecule has 0 aliphatic rings. The van der Waals surface area contributed by atoms with Crippen molar-refractivity contribution in [3.63, 3.8) is 0 Å². The highest BCUT2D eigenvalue weighted by Crippen LogP contribution is 2.29. The molecular weight excluding hydrogens is 210 g/mol. The van der Waals surface area contributed by atoms with E-state index in [9.17, 15) is 5.11 Å². The molecule has 0 radical (unpaired) electrons. The summed E-state index contributed by atoms with van der Waals surface area (Å²) < 4.78 is 0. The molecule has 0 saturated heterocycles. The van der Waals surface area contributed by atoms with Crippen molar-refractivity contribution in [2.24, 2.45) is 5.73 Å². The lowest BCUT2D eigenvalue weighted by Gasteiger charge is -2.09. The molecule has 2 heteroatoms. The summed E-state index contributed by atoms with van der Waals surface area (Å²) in [6.07, 6.45) is 0.868. The van der Waals surface area contributed by atoms with E-state index in [1.807, 2.05) is 24.3 Å². The Morgan fingerprint density at radius 3 is 2.59 bits per heavy atom. The summed E-state index contributed by atoms with van der Waals surface area (Å²) in [5, 5.41) is 9.83. The van der Waals surface area contributed by atoms with Crippen molar-refractivity contribution in [1.82, 2.24) is 0 Å². The lowest BCUT2D eigenvalue weighted by molar-refractivity contribution is 0.477. The molecule has 0 unspecified atom stereocenters. The zero-order valence-corrected chi connectivity index (χ0v) is 9.98. The van der Waals surface area contributed by atoms with Gasteiger partial charge in [-0.2, -0.15) is 0 Å². The van der Waals surface area contributed by atoms with Crippen LogP contribution in [0.15, 0.2) is 42.5 Å². The third kappa shape index (κ3) is 2.48. The highest BCUT2D eigenvalue weighted by Gasteiger charge is 2.05. The van der Waals surface area contributed by atoms with Crippen LogP contribution in [0.1, 0.15) is 11.1 Å². The van der Waals surface area contributed by atoms with E-state index in [0.717, 1.165) is 17.5 Å². The van der Waals surface area contributed by atoms with E-state index < -0.39 is 0 Å². The summed E-state index contributed by atoms with van der Waals surface area (Å²) >= 11 is 0. The molecule has 0 amide bonds. The highest BCUT2D eigenvalue weighted by atomic mass is 16.3. The molecule has 17 heavy (non-hydrogen) atoms. The molecule has 0 bridgehead atoms. The summed E-state index contributed by atoms with van der Waals surface area (Å²) in [6, 6.07) is 13.6. The smallest absolute Gasteiger partial charge is 0.123 e. The van der Waals surface area contributed by atoms with E-state index in [0.29, 0.717) is 12.3 Å². The van der Waals surface area contributed by atoms with Gasteiger partial charge in [0.1, 0.15) is 5.75 Å². The van der Waals surface area contributed by atoms with Crippen molar-refractivity contribution in [2.75, 3.05) is 6.54 Å². The van der Waals surface area contributed by atoms with Crippen molar-refractivity contribution in [2.45, 2.75) is 13.3 Å². The fraction of sp³-hybridized carbons (Fsp3) is 0.200. The van der Waals surface area contributed by atoms with Gasteiger partial charge < -0.3 is 10.8 Å². The summed E-state index contributed by atoms with van der Waals surface area (Å²) in [7, 11) is 0. The van der Waals surface area contributed by atoms with Crippen molar-refractivity contribution >= 4 is 0 Å². The normalized spacial score (nSPS) is 10.5. The minimum absolute atomic E-state index is 0.315. The van der Waals surface area contributed by atoms with E-state index >= 15 is 0 Å². The molecule has 88 valence electrons. The summed E-state index contributed by atoms with van der Waals surface area (Å²) in [5.41, 5.74) is 9.99. The molecule has 0 fully saturated rings. The second kappa shape index (κ2) is 5.02. The Morgan fingerprint density at radius 2 is 1.88 bits per heavy atom. The summed E-state index contributed by atoms with van der Waals surface area (Å²) in [6.45, 7) is 2.73. The monoisotopic (exact) mass is 227 g/mol. The Bertz CT molecular complexity index is 520. The van der Waals surface area contributed by atoms with Crippen LogP contribution in [0.3, 0.4) is 0 Å². The molecule has 0 spiro atoms. The minimum atomic E-state index is 0.315. The fourth-order valence-electron chi connectivity index (χ4n) is 1.98. The number of para-hydroxylation sites is 1. The molecule has 2 aromatic rings. The van der Waals surface area contributed by atoms with Gasteiger partial charge in [-0.15, -0.1) is 0 Å². The number of nitrogens with two attached hydrogens (primary N) is 1. The van der Waals surface area contributed by atoms with Crippen LogP contribution >= 0.6 is 0 Å². The number of phenols is 1. The van der Waals surface area contributed by atoms with Gasteiger partial charge in [0.05, 0.1) is 0 Å². The number of rotatable bonds is 3. The molecule has 0 atom stereocenters. The van der Waals surface area contributed by atoms with Crippen LogP contribution < -0.4 is 5.73 Å². The summed E-state index contributed by atoms with van der Waals surface area (Å²) in [4.78, 5) is 0. The molecule has 3 N–H and O–H groups in total. The molecule has 0 aliphatic heterocycles. The Labute approximate surface area is 102 Å². The van der Waals surface area contributed by atoms with Crippen LogP contribution in [0.2, 0.25) is 0 Å². The van der Waals surface area contributed by atoms with Crippen LogP contribution in [0.25, 0.3) is 11.1 Å². The predicted octanol–water partition coefficient (Wildman–Crippen LogP) is 2.87. The van der Waals surface area contributed by atoms with Crippen LogP contribution in [0.4, 0.5) is 0 Å². The van der Waals surface area contributed by atoms with Crippen LogP contribution in [-0.2, 0) is 6.42 Å².